The fourth-order valence-electron chi connectivity index (χ4n) is 3.78. The van der Waals surface area contributed by atoms with E-state index in [9.17, 15) is 31.2 Å². The van der Waals surface area contributed by atoms with E-state index in [1.807, 2.05) is 0 Å². The monoisotopic (exact) mass is 650 g/mol. The number of amides is 1. The minimum atomic E-state index is -3.42. The van der Waals surface area contributed by atoms with Crippen molar-refractivity contribution >= 4 is 38.0 Å². The molecule has 4 rings (SSSR count). The summed E-state index contributed by atoms with van der Waals surface area (Å²) in [6.07, 6.45) is 1.74. The largest absolute Gasteiger partial charge is 0.488 e. The number of benzene rings is 3. The Bertz CT molecular complexity index is 1810. The number of halogens is 3. The van der Waals surface area contributed by atoms with Crippen LogP contribution in [-0.4, -0.2) is 51.2 Å². The third kappa shape index (κ3) is 7.92. The number of thiazole rings is 1. The van der Waals surface area contributed by atoms with Gasteiger partial charge in [-0.15, -0.1) is 0 Å². The molecular formula is C29H25F3N2O8S2. The third-order valence-electron chi connectivity index (χ3n) is 5.77. The third-order valence-corrected chi connectivity index (χ3v) is 7.69. The smallest absolute Gasteiger partial charge is 0.257 e. The first-order valence-corrected chi connectivity index (χ1v) is 15.4. The predicted molar refractivity (Wildman–Crippen MR) is 154 cm³/mol. The van der Waals surface area contributed by atoms with Gasteiger partial charge >= 0.3 is 0 Å². The Hall–Kier alpha value is -4.47. The van der Waals surface area contributed by atoms with Crippen LogP contribution in [0.2, 0.25) is 0 Å². The van der Waals surface area contributed by atoms with Crippen LogP contribution in [0.3, 0.4) is 0 Å². The topological polar surface area (TPSA) is 130 Å². The average molecular weight is 651 g/mol. The molecule has 0 aliphatic heterocycles. The molecule has 0 aliphatic carbocycles. The van der Waals surface area contributed by atoms with Crippen LogP contribution in [0.5, 0.6) is 28.1 Å². The number of hydrogen-bond acceptors (Lipinski definition) is 10. The Kier molecular flexibility index (Phi) is 9.91. The van der Waals surface area contributed by atoms with E-state index in [0.717, 1.165) is 19.4 Å². The van der Waals surface area contributed by atoms with Gasteiger partial charge in [-0.25, -0.2) is 22.2 Å². The lowest BCUT2D eigenvalue weighted by atomic mass is 10.1. The highest BCUT2D eigenvalue weighted by Gasteiger charge is 2.24. The van der Waals surface area contributed by atoms with Gasteiger partial charge in [0.05, 0.1) is 23.3 Å². The summed E-state index contributed by atoms with van der Waals surface area (Å²) in [5.74, 6) is -6.39. The van der Waals surface area contributed by atoms with Crippen molar-refractivity contribution in [2.75, 3.05) is 25.3 Å². The molecule has 15 heteroatoms. The molecule has 10 nitrogen and oxygen atoms in total. The average Bonchev–Trinajstić information content (AvgIpc) is 3.39. The molecule has 3 aromatic carbocycles. The fourth-order valence-corrected chi connectivity index (χ4v) is 5.08. The fraction of sp³-hybridized carbons (Fsp3) is 0.207. The summed E-state index contributed by atoms with van der Waals surface area (Å²) in [5.41, 5.74) is -0.621. The molecule has 1 N–H and O–H groups in total. The molecule has 44 heavy (non-hydrogen) atoms. The maximum Gasteiger partial charge on any atom is 0.257 e. The summed E-state index contributed by atoms with van der Waals surface area (Å²) < 4.78 is 88.3. The Morgan fingerprint density at radius 1 is 0.977 bits per heavy atom. The second-order valence-corrected chi connectivity index (χ2v) is 12.4. The number of carbonyl (C=O) groups excluding carboxylic acids is 2. The van der Waals surface area contributed by atoms with E-state index in [0.29, 0.717) is 17.4 Å². The van der Waals surface area contributed by atoms with Crippen LogP contribution in [0.25, 0.3) is 0 Å². The molecule has 0 saturated heterocycles. The first kappa shape index (κ1) is 32.4. The molecule has 232 valence electrons. The van der Waals surface area contributed by atoms with Gasteiger partial charge in [-0.05, 0) is 56.3 Å². The zero-order chi connectivity index (χ0) is 32.2. The predicted octanol–water partition coefficient (Wildman–Crippen LogP) is 6.42. The number of Topliss-reactive ketones (excluding diaryl/α,β-unsaturated/α-hetero) is 1. The summed E-state index contributed by atoms with van der Waals surface area (Å²) in [6.45, 7) is 2.99. The second-order valence-electron chi connectivity index (χ2n) is 9.38. The number of nitrogens with one attached hydrogen (secondary N) is 1. The van der Waals surface area contributed by atoms with E-state index in [2.05, 4.69) is 10.3 Å². The molecule has 0 bridgehead atoms. The van der Waals surface area contributed by atoms with Gasteiger partial charge in [0.1, 0.15) is 23.4 Å². The number of sulfone groups is 1. The minimum absolute atomic E-state index is 0.0353. The van der Waals surface area contributed by atoms with Crippen LogP contribution in [0.4, 0.5) is 18.3 Å². The van der Waals surface area contributed by atoms with Crippen LogP contribution < -0.4 is 19.5 Å². The van der Waals surface area contributed by atoms with E-state index in [1.54, 1.807) is 6.92 Å². The van der Waals surface area contributed by atoms with Crippen molar-refractivity contribution in [2.45, 2.75) is 24.8 Å². The van der Waals surface area contributed by atoms with Crippen molar-refractivity contribution in [1.82, 2.24) is 4.98 Å². The van der Waals surface area contributed by atoms with Crippen molar-refractivity contribution in [1.29, 1.82) is 0 Å². The van der Waals surface area contributed by atoms with Gasteiger partial charge in [-0.1, -0.05) is 11.3 Å². The quantitative estimate of drug-likeness (QED) is 0.136. The zero-order valence-electron chi connectivity index (χ0n) is 23.6. The lowest BCUT2D eigenvalue weighted by Crippen LogP contribution is -2.18. The second kappa shape index (κ2) is 13.4. The normalized spacial score (nSPS) is 12.0. The molecule has 1 atom stereocenters. The summed E-state index contributed by atoms with van der Waals surface area (Å²) in [6, 6.07) is 10.5. The van der Waals surface area contributed by atoms with E-state index < -0.39 is 56.4 Å². The highest BCUT2D eigenvalue weighted by molar-refractivity contribution is 7.90. The van der Waals surface area contributed by atoms with Gasteiger partial charge in [0.15, 0.2) is 32.4 Å². The number of ether oxygens (including phenoxy) is 4. The van der Waals surface area contributed by atoms with Crippen molar-refractivity contribution in [3.63, 3.8) is 0 Å². The summed E-state index contributed by atoms with van der Waals surface area (Å²) in [4.78, 5) is 28.8. The Balaban J connectivity index is 1.57. The van der Waals surface area contributed by atoms with Crippen molar-refractivity contribution < 1.29 is 50.1 Å². The maximum atomic E-state index is 14.6. The van der Waals surface area contributed by atoms with Gasteiger partial charge in [0, 0.05) is 25.0 Å². The molecular weight excluding hydrogens is 625 g/mol. The van der Waals surface area contributed by atoms with Crippen molar-refractivity contribution in [3.8, 4) is 28.1 Å². The molecule has 0 spiro atoms. The molecule has 1 aromatic heterocycles. The lowest BCUT2D eigenvalue weighted by Gasteiger charge is -2.16. The molecule has 0 radical (unpaired) electrons. The number of hydrogen-bond donors (Lipinski definition) is 1. The molecule has 0 aliphatic rings. The Labute approximate surface area is 254 Å². The van der Waals surface area contributed by atoms with Crippen LogP contribution >= 0.6 is 11.3 Å². The SMILES string of the molecule is COC[C@H](C)Oc1cc(Oc2ccc(S(C)(=O)=O)cc2)cc(C(=O)Nc2ncc(Oc3c(F)c(F)cc(C(C)=O)c3F)s2)c1. The van der Waals surface area contributed by atoms with Crippen molar-refractivity contribution in [2.24, 2.45) is 0 Å². The van der Waals surface area contributed by atoms with Crippen LogP contribution in [0.1, 0.15) is 34.6 Å². The van der Waals surface area contributed by atoms with Gasteiger partial charge in [0.25, 0.3) is 5.91 Å². The van der Waals surface area contributed by atoms with E-state index in [4.69, 9.17) is 18.9 Å². The minimum Gasteiger partial charge on any atom is -0.488 e. The van der Waals surface area contributed by atoms with Gasteiger partial charge < -0.3 is 18.9 Å². The summed E-state index contributed by atoms with van der Waals surface area (Å²) >= 11 is 0.686. The van der Waals surface area contributed by atoms with Crippen LogP contribution in [0.15, 0.2) is 59.6 Å². The van der Waals surface area contributed by atoms with Gasteiger partial charge in [-0.3, -0.25) is 14.9 Å². The van der Waals surface area contributed by atoms with Crippen molar-refractivity contribution in [3.05, 3.63) is 83.3 Å². The number of aromatic nitrogens is 1. The Morgan fingerprint density at radius 2 is 1.66 bits per heavy atom. The number of methoxy groups -OCH3 is 1. The Morgan fingerprint density at radius 3 is 2.30 bits per heavy atom. The molecule has 1 amide bonds. The molecule has 0 fully saturated rings. The zero-order valence-corrected chi connectivity index (χ0v) is 25.3. The van der Waals surface area contributed by atoms with E-state index in [1.165, 1.54) is 49.6 Å². The number of ketones is 1. The van der Waals surface area contributed by atoms with Gasteiger partial charge in [0.2, 0.25) is 16.6 Å². The lowest BCUT2D eigenvalue weighted by molar-refractivity contribution is 0.0916. The van der Waals surface area contributed by atoms with E-state index >= 15 is 0 Å². The number of carbonyl (C=O) groups is 2. The molecule has 1 heterocycles. The van der Waals surface area contributed by atoms with Crippen LogP contribution in [-0.2, 0) is 14.6 Å². The van der Waals surface area contributed by atoms with E-state index in [-0.39, 0.29) is 44.5 Å². The van der Waals surface area contributed by atoms with Gasteiger partial charge in [-0.2, -0.15) is 4.39 Å². The molecule has 0 unspecified atom stereocenters. The number of rotatable bonds is 12. The first-order valence-electron chi connectivity index (χ1n) is 12.7. The van der Waals surface area contributed by atoms with Crippen LogP contribution in [0, 0.1) is 17.5 Å². The summed E-state index contributed by atoms with van der Waals surface area (Å²) in [5, 5.41) is 2.29. The molecule has 4 aromatic rings. The highest BCUT2D eigenvalue weighted by Crippen LogP contribution is 2.36. The molecule has 0 saturated carbocycles. The standard InChI is InChI=1S/C29H25F3N2O8S2/c1-15(14-39-3)40-19-9-17(10-20(11-19)41-18-5-7-21(8-6-18)44(4,37)38)28(36)34-29-33-13-24(43-29)42-27-25(31)22(16(2)35)12-23(30)26(27)32/h5-13,15H,14H2,1-4H3,(H,33,34,36)/t15-/m0/s1. The number of anilines is 1. The summed E-state index contributed by atoms with van der Waals surface area (Å²) in [7, 11) is -1.91. The maximum absolute atomic E-state index is 14.6. The highest BCUT2D eigenvalue weighted by atomic mass is 32.2. The first-order chi connectivity index (χ1) is 20.7. The number of nitrogens with zero attached hydrogens (tertiary/aromatic N) is 1.